The molecule has 0 radical (unpaired) electrons. The fourth-order valence-electron chi connectivity index (χ4n) is 3.85. The van der Waals surface area contributed by atoms with Crippen LogP contribution in [-0.2, 0) is 16.1 Å². The molecule has 2 aliphatic heterocycles. The number of alkyl carbamates (subject to hydrolysis) is 1. The van der Waals surface area contributed by atoms with Crippen LogP contribution in [0.1, 0.15) is 46.7 Å². The number of aryl methyl sites for hydroxylation is 2. The van der Waals surface area contributed by atoms with Crippen molar-refractivity contribution in [1.82, 2.24) is 10.2 Å². The minimum atomic E-state index is -0.559. The number of rotatable bonds is 3. The van der Waals surface area contributed by atoms with Crippen molar-refractivity contribution in [2.75, 3.05) is 13.1 Å². The molecule has 0 aliphatic carbocycles. The van der Waals surface area contributed by atoms with Crippen molar-refractivity contribution >= 4 is 17.9 Å². The summed E-state index contributed by atoms with van der Waals surface area (Å²) in [6.45, 7) is 5.10. The van der Waals surface area contributed by atoms with Gasteiger partial charge in [-0.25, -0.2) is 4.79 Å². The van der Waals surface area contributed by atoms with E-state index in [1.54, 1.807) is 17.9 Å². The molecule has 1 saturated heterocycles. The Labute approximate surface area is 174 Å². The average Bonchev–Trinajstić information content (AvgIpc) is 3.29. The lowest BCUT2D eigenvalue weighted by molar-refractivity contribution is -0.0568. The Kier molecular flexibility index (Phi) is 5.48. The Morgan fingerprint density at radius 1 is 1.20 bits per heavy atom. The molecular formula is C22H25N3O5. The van der Waals surface area contributed by atoms with Gasteiger partial charge in [0.05, 0.1) is 12.0 Å². The van der Waals surface area contributed by atoms with Crippen molar-refractivity contribution < 1.29 is 23.6 Å². The summed E-state index contributed by atoms with van der Waals surface area (Å²) in [5.41, 5.74) is 1.06. The molecule has 0 bridgehead atoms. The summed E-state index contributed by atoms with van der Waals surface area (Å²) < 4.78 is 10.8. The van der Waals surface area contributed by atoms with Gasteiger partial charge in [0.2, 0.25) is 5.90 Å². The van der Waals surface area contributed by atoms with Gasteiger partial charge < -0.3 is 24.2 Å². The summed E-state index contributed by atoms with van der Waals surface area (Å²) in [6, 6.07) is 11.4. The maximum absolute atomic E-state index is 12.8. The van der Waals surface area contributed by atoms with Crippen LogP contribution < -0.4 is 5.32 Å². The third-order valence-electron chi connectivity index (χ3n) is 5.54. The number of carbonyl (C=O) groups is 2. The van der Waals surface area contributed by atoms with E-state index in [1.807, 2.05) is 37.3 Å². The maximum Gasteiger partial charge on any atom is 0.414 e. The standard InChI is InChI=1S/C22H25N3O5/c1-15-12-18(16(2)28-15)20(26)25-10-8-22(9-11-25)13-19(24-30-22)29-21(27)23-14-17-6-4-3-5-7-17/h3-7,12H,8-11,13-14H2,1-2H3,(H,23,27). The number of amides is 2. The van der Waals surface area contributed by atoms with Crippen molar-refractivity contribution in [3.05, 3.63) is 59.0 Å². The predicted molar refractivity (Wildman–Crippen MR) is 109 cm³/mol. The number of nitrogens with one attached hydrogen (secondary N) is 1. The summed E-state index contributed by atoms with van der Waals surface area (Å²) in [5.74, 6) is 1.59. The predicted octanol–water partition coefficient (Wildman–Crippen LogP) is 3.53. The van der Waals surface area contributed by atoms with E-state index in [2.05, 4.69) is 10.5 Å². The van der Waals surface area contributed by atoms with Gasteiger partial charge in [-0.2, -0.15) is 0 Å². The summed E-state index contributed by atoms with van der Waals surface area (Å²) in [5, 5.41) is 6.67. The van der Waals surface area contributed by atoms with Crippen LogP contribution in [0, 0.1) is 13.8 Å². The topological polar surface area (TPSA) is 93.4 Å². The minimum Gasteiger partial charge on any atom is -0.466 e. The van der Waals surface area contributed by atoms with E-state index >= 15 is 0 Å². The zero-order chi connectivity index (χ0) is 21.1. The SMILES string of the molecule is Cc1cc(C(=O)N2CCC3(CC2)CC(OC(=O)NCc2ccccc2)=NO3)c(C)o1. The van der Waals surface area contributed by atoms with Crippen molar-refractivity contribution in [2.45, 2.75) is 45.3 Å². The van der Waals surface area contributed by atoms with E-state index in [4.69, 9.17) is 14.0 Å². The van der Waals surface area contributed by atoms with Gasteiger partial charge in [-0.3, -0.25) is 4.79 Å². The summed E-state index contributed by atoms with van der Waals surface area (Å²) >= 11 is 0. The molecule has 8 heteroatoms. The second-order valence-corrected chi connectivity index (χ2v) is 7.78. The average molecular weight is 411 g/mol. The highest BCUT2D eigenvalue weighted by Gasteiger charge is 2.44. The van der Waals surface area contributed by atoms with Crippen molar-refractivity contribution in [1.29, 1.82) is 0 Å². The van der Waals surface area contributed by atoms with Crippen LogP contribution in [0.4, 0.5) is 4.79 Å². The zero-order valence-corrected chi connectivity index (χ0v) is 17.1. The van der Waals surface area contributed by atoms with E-state index in [-0.39, 0.29) is 11.8 Å². The number of furan rings is 1. The lowest BCUT2D eigenvalue weighted by Crippen LogP contribution is -2.47. The number of piperidine rings is 1. The van der Waals surface area contributed by atoms with Gasteiger partial charge in [0, 0.05) is 32.5 Å². The summed E-state index contributed by atoms with van der Waals surface area (Å²) in [6.07, 6.45) is 1.10. The molecule has 158 valence electrons. The molecule has 2 aliphatic rings. The smallest absolute Gasteiger partial charge is 0.414 e. The number of benzene rings is 1. The number of carbonyl (C=O) groups excluding carboxylic acids is 2. The van der Waals surface area contributed by atoms with Crippen LogP contribution in [0.2, 0.25) is 0 Å². The number of ether oxygens (including phenoxy) is 1. The molecule has 1 fully saturated rings. The van der Waals surface area contributed by atoms with Gasteiger partial charge in [-0.15, -0.1) is 0 Å². The molecule has 30 heavy (non-hydrogen) atoms. The van der Waals surface area contributed by atoms with Gasteiger partial charge in [-0.1, -0.05) is 35.5 Å². The Bertz CT molecular complexity index is 958. The number of oxime groups is 1. The first-order chi connectivity index (χ1) is 14.4. The largest absolute Gasteiger partial charge is 0.466 e. The number of hydrogen-bond acceptors (Lipinski definition) is 6. The molecule has 3 heterocycles. The quantitative estimate of drug-likeness (QED) is 0.834. The van der Waals surface area contributed by atoms with Crippen LogP contribution >= 0.6 is 0 Å². The van der Waals surface area contributed by atoms with Crippen LogP contribution in [0.3, 0.4) is 0 Å². The third-order valence-corrected chi connectivity index (χ3v) is 5.54. The normalized spacial score (nSPS) is 17.4. The van der Waals surface area contributed by atoms with Gasteiger partial charge in [0.15, 0.2) is 0 Å². The van der Waals surface area contributed by atoms with Crippen molar-refractivity contribution in [3.63, 3.8) is 0 Å². The van der Waals surface area contributed by atoms with Crippen molar-refractivity contribution in [2.24, 2.45) is 5.16 Å². The summed E-state index contributed by atoms with van der Waals surface area (Å²) in [7, 11) is 0. The molecule has 2 amide bonds. The highest BCUT2D eigenvalue weighted by molar-refractivity contribution is 5.95. The highest BCUT2D eigenvalue weighted by Crippen LogP contribution is 2.35. The third kappa shape index (κ3) is 4.32. The molecule has 1 aromatic heterocycles. The first kappa shape index (κ1) is 20.0. The van der Waals surface area contributed by atoms with Gasteiger partial charge in [-0.05, 0) is 25.5 Å². The number of likely N-dealkylation sites (tertiary alicyclic amines) is 1. The Morgan fingerprint density at radius 2 is 1.93 bits per heavy atom. The fraction of sp³-hybridized carbons (Fsp3) is 0.409. The molecule has 0 unspecified atom stereocenters. The summed E-state index contributed by atoms with van der Waals surface area (Å²) in [4.78, 5) is 32.2. The maximum atomic E-state index is 12.8. The number of hydrogen-bond donors (Lipinski definition) is 1. The molecule has 4 rings (SSSR count). The van der Waals surface area contributed by atoms with Crippen molar-refractivity contribution in [3.8, 4) is 0 Å². The second kappa shape index (κ2) is 8.22. The fourth-order valence-corrected chi connectivity index (χ4v) is 3.85. The van der Waals surface area contributed by atoms with E-state index in [0.717, 1.165) is 11.3 Å². The molecule has 8 nitrogen and oxygen atoms in total. The van der Waals surface area contributed by atoms with E-state index < -0.39 is 11.7 Å². The molecule has 1 aromatic carbocycles. The monoisotopic (exact) mass is 411 g/mol. The Hall–Kier alpha value is -3.29. The zero-order valence-electron chi connectivity index (χ0n) is 17.1. The van der Waals surface area contributed by atoms with E-state index in [9.17, 15) is 9.59 Å². The number of nitrogens with zero attached hydrogens (tertiary/aromatic N) is 2. The lowest BCUT2D eigenvalue weighted by Gasteiger charge is -2.36. The highest BCUT2D eigenvalue weighted by atomic mass is 16.7. The molecule has 1 N–H and O–H groups in total. The first-order valence-electron chi connectivity index (χ1n) is 10.1. The lowest BCUT2D eigenvalue weighted by atomic mass is 9.88. The van der Waals surface area contributed by atoms with Gasteiger partial charge in [0.1, 0.15) is 17.1 Å². The minimum absolute atomic E-state index is 0.0325. The van der Waals surface area contributed by atoms with Gasteiger partial charge >= 0.3 is 6.09 Å². The van der Waals surface area contributed by atoms with Gasteiger partial charge in [0.25, 0.3) is 5.91 Å². The van der Waals surface area contributed by atoms with Crippen LogP contribution in [0.5, 0.6) is 0 Å². The molecule has 2 aromatic rings. The second-order valence-electron chi connectivity index (χ2n) is 7.78. The molecule has 0 atom stereocenters. The van der Waals surface area contributed by atoms with E-state index in [1.165, 1.54) is 0 Å². The Morgan fingerprint density at radius 3 is 2.60 bits per heavy atom. The first-order valence-corrected chi connectivity index (χ1v) is 10.1. The van der Waals surface area contributed by atoms with Crippen LogP contribution in [0.15, 0.2) is 46.0 Å². The molecule has 0 saturated carbocycles. The molecule has 1 spiro atoms. The molecular weight excluding hydrogens is 386 g/mol. The van der Waals surface area contributed by atoms with Crippen LogP contribution in [-0.4, -0.2) is 41.5 Å². The van der Waals surface area contributed by atoms with Crippen LogP contribution in [0.25, 0.3) is 0 Å². The van der Waals surface area contributed by atoms with E-state index in [0.29, 0.717) is 50.2 Å². The Balaban J connectivity index is 1.25.